The molecule has 2 heterocycles. The topological polar surface area (TPSA) is 94.9 Å². The summed E-state index contributed by atoms with van der Waals surface area (Å²) in [5, 5.41) is 13.5. The first-order valence-electron chi connectivity index (χ1n) is 8.95. The standard InChI is InChI=1S/C20H18F3NO6/c1-4-10-8-11(12(25)9-15(10)27-3)17-16(18(24-30-17)20(21,22)23)13-6-7-14(29-13)19(26)28-5-2/h6-9,25H,4-5H2,1-3H3. The van der Waals surface area contributed by atoms with E-state index in [1.807, 2.05) is 6.92 Å². The summed E-state index contributed by atoms with van der Waals surface area (Å²) in [6.07, 6.45) is -4.39. The van der Waals surface area contributed by atoms with Crippen LogP contribution >= 0.6 is 0 Å². The number of aryl methyl sites for hydroxylation is 1. The van der Waals surface area contributed by atoms with Crippen LogP contribution in [0, 0.1) is 0 Å². The van der Waals surface area contributed by atoms with Gasteiger partial charge in [0.25, 0.3) is 0 Å². The minimum Gasteiger partial charge on any atom is -0.507 e. The van der Waals surface area contributed by atoms with Gasteiger partial charge in [-0.1, -0.05) is 12.1 Å². The second-order valence-electron chi connectivity index (χ2n) is 6.15. The number of aromatic hydroxyl groups is 1. The van der Waals surface area contributed by atoms with Crippen molar-refractivity contribution in [3.05, 3.63) is 41.3 Å². The molecule has 0 unspecified atom stereocenters. The molecular formula is C20H18F3NO6. The number of hydrogen-bond acceptors (Lipinski definition) is 7. The third-order valence-electron chi connectivity index (χ3n) is 4.31. The Bertz CT molecular complexity index is 1070. The van der Waals surface area contributed by atoms with Crippen molar-refractivity contribution in [2.45, 2.75) is 26.4 Å². The molecule has 1 aromatic carbocycles. The molecule has 0 spiro atoms. The minimum atomic E-state index is -4.87. The van der Waals surface area contributed by atoms with Crippen LogP contribution in [0.2, 0.25) is 0 Å². The van der Waals surface area contributed by atoms with Gasteiger partial charge in [0, 0.05) is 6.07 Å². The monoisotopic (exact) mass is 425 g/mol. The summed E-state index contributed by atoms with van der Waals surface area (Å²) in [6.45, 7) is 3.47. The molecule has 3 aromatic rings. The lowest BCUT2D eigenvalue weighted by Crippen LogP contribution is -2.07. The zero-order valence-electron chi connectivity index (χ0n) is 16.3. The highest BCUT2D eigenvalue weighted by Crippen LogP contribution is 2.46. The number of alkyl halides is 3. The molecule has 30 heavy (non-hydrogen) atoms. The fraction of sp³-hybridized carbons (Fsp3) is 0.300. The van der Waals surface area contributed by atoms with E-state index < -0.39 is 23.4 Å². The van der Waals surface area contributed by atoms with Crippen LogP contribution in [-0.2, 0) is 17.3 Å². The molecule has 2 aromatic heterocycles. The van der Waals surface area contributed by atoms with Crippen molar-refractivity contribution in [2.75, 3.05) is 13.7 Å². The van der Waals surface area contributed by atoms with E-state index in [4.69, 9.17) is 18.4 Å². The van der Waals surface area contributed by atoms with Crippen molar-refractivity contribution >= 4 is 5.97 Å². The summed E-state index contributed by atoms with van der Waals surface area (Å²) in [5.74, 6) is -1.76. The molecule has 0 saturated heterocycles. The zero-order valence-corrected chi connectivity index (χ0v) is 16.3. The average molecular weight is 425 g/mol. The van der Waals surface area contributed by atoms with Gasteiger partial charge in [-0.2, -0.15) is 13.2 Å². The molecule has 0 aliphatic carbocycles. The first-order valence-corrected chi connectivity index (χ1v) is 8.95. The van der Waals surface area contributed by atoms with Gasteiger partial charge in [-0.15, -0.1) is 0 Å². The normalized spacial score (nSPS) is 11.5. The number of benzene rings is 1. The molecule has 0 fully saturated rings. The van der Waals surface area contributed by atoms with Gasteiger partial charge in [0.15, 0.2) is 11.5 Å². The molecule has 0 saturated carbocycles. The lowest BCUT2D eigenvalue weighted by Gasteiger charge is -2.11. The van der Waals surface area contributed by atoms with E-state index >= 15 is 0 Å². The van der Waals surface area contributed by atoms with Crippen LogP contribution in [0.15, 0.2) is 33.2 Å². The number of furan rings is 1. The van der Waals surface area contributed by atoms with E-state index in [1.54, 1.807) is 6.92 Å². The number of rotatable bonds is 6. The predicted octanol–water partition coefficient (Wildman–Crippen LogP) is 5.07. The van der Waals surface area contributed by atoms with Gasteiger partial charge in [-0.05, 0) is 37.1 Å². The summed E-state index contributed by atoms with van der Waals surface area (Å²) < 4.78 is 61.0. The quantitative estimate of drug-likeness (QED) is 0.551. The van der Waals surface area contributed by atoms with Gasteiger partial charge < -0.3 is 23.5 Å². The zero-order chi connectivity index (χ0) is 22.1. The molecule has 10 heteroatoms. The Labute approximate surface area is 169 Å². The van der Waals surface area contributed by atoms with E-state index in [9.17, 15) is 23.1 Å². The Morgan fingerprint density at radius 3 is 2.57 bits per heavy atom. The van der Waals surface area contributed by atoms with Gasteiger partial charge in [-0.3, -0.25) is 0 Å². The van der Waals surface area contributed by atoms with Crippen molar-refractivity contribution in [2.24, 2.45) is 0 Å². The molecule has 0 amide bonds. The van der Waals surface area contributed by atoms with E-state index in [0.29, 0.717) is 17.7 Å². The maximum atomic E-state index is 13.6. The summed E-state index contributed by atoms with van der Waals surface area (Å²) in [5.41, 5.74) is -1.29. The van der Waals surface area contributed by atoms with E-state index in [2.05, 4.69) is 5.16 Å². The van der Waals surface area contributed by atoms with Gasteiger partial charge in [0.2, 0.25) is 5.76 Å². The third kappa shape index (κ3) is 3.85. The number of phenolic OH excluding ortho intramolecular Hbond substituents is 1. The van der Waals surface area contributed by atoms with Crippen LogP contribution in [0.5, 0.6) is 11.5 Å². The van der Waals surface area contributed by atoms with Crippen molar-refractivity contribution in [3.63, 3.8) is 0 Å². The number of nitrogens with zero attached hydrogens (tertiary/aromatic N) is 1. The molecule has 160 valence electrons. The molecule has 0 aliphatic rings. The number of methoxy groups -OCH3 is 1. The van der Waals surface area contributed by atoms with Crippen LogP contribution in [0.1, 0.15) is 35.7 Å². The average Bonchev–Trinajstić information content (AvgIpc) is 3.34. The Balaban J connectivity index is 2.22. The fourth-order valence-corrected chi connectivity index (χ4v) is 2.94. The molecule has 3 rings (SSSR count). The highest BCUT2D eigenvalue weighted by atomic mass is 19.4. The number of carbonyl (C=O) groups excluding carboxylic acids is 1. The number of halogens is 3. The third-order valence-corrected chi connectivity index (χ3v) is 4.31. The Morgan fingerprint density at radius 1 is 1.23 bits per heavy atom. The summed E-state index contributed by atoms with van der Waals surface area (Å²) in [7, 11) is 1.41. The maximum absolute atomic E-state index is 13.6. The number of hydrogen-bond donors (Lipinski definition) is 1. The first-order chi connectivity index (χ1) is 14.2. The molecule has 0 radical (unpaired) electrons. The lowest BCUT2D eigenvalue weighted by molar-refractivity contribution is -0.142. The molecule has 0 aliphatic heterocycles. The Hall–Kier alpha value is -3.43. The van der Waals surface area contributed by atoms with Crippen molar-refractivity contribution in [3.8, 4) is 34.1 Å². The Morgan fingerprint density at radius 2 is 1.97 bits per heavy atom. The molecule has 1 N–H and O–H groups in total. The van der Waals surface area contributed by atoms with Crippen LogP contribution < -0.4 is 4.74 Å². The van der Waals surface area contributed by atoms with Gasteiger partial charge in [0.1, 0.15) is 17.3 Å². The summed E-state index contributed by atoms with van der Waals surface area (Å²) in [4.78, 5) is 11.8. The second kappa shape index (κ2) is 8.13. The van der Waals surface area contributed by atoms with Crippen molar-refractivity contribution < 1.29 is 41.5 Å². The number of phenols is 1. The molecular weight excluding hydrogens is 407 g/mol. The van der Waals surface area contributed by atoms with Crippen LogP contribution in [0.3, 0.4) is 0 Å². The number of carbonyl (C=O) groups is 1. The van der Waals surface area contributed by atoms with E-state index in [1.165, 1.54) is 31.4 Å². The van der Waals surface area contributed by atoms with Crippen LogP contribution in [-0.4, -0.2) is 29.9 Å². The van der Waals surface area contributed by atoms with Crippen LogP contribution in [0.4, 0.5) is 13.2 Å². The van der Waals surface area contributed by atoms with Gasteiger partial charge in [0.05, 0.1) is 24.8 Å². The van der Waals surface area contributed by atoms with Gasteiger partial charge >= 0.3 is 12.1 Å². The smallest absolute Gasteiger partial charge is 0.437 e. The summed E-state index contributed by atoms with van der Waals surface area (Å²) >= 11 is 0. The molecule has 7 nitrogen and oxygen atoms in total. The summed E-state index contributed by atoms with van der Waals surface area (Å²) in [6, 6.07) is 5.10. The maximum Gasteiger partial charge on any atom is 0.437 e. The fourth-order valence-electron chi connectivity index (χ4n) is 2.94. The first kappa shape index (κ1) is 21.3. The van der Waals surface area contributed by atoms with Crippen molar-refractivity contribution in [1.29, 1.82) is 0 Å². The van der Waals surface area contributed by atoms with Crippen LogP contribution in [0.25, 0.3) is 22.6 Å². The lowest BCUT2D eigenvalue weighted by atomic mass is 10.00. The number of aromatic nitrogens is 1. The molecule has 0 bridgehead atoms. The largest absolute Gasteiger partial charge is 0.507 e. The van der Waals surface area contributed by atoms with E-state index in [0.717, 1.165) is 0 Å². The second-order valence-corrected chi connectivity index (χ2v) is 6.15. The molecule has 0 atom stereocenters. The number of ether oxygens (including phenoxy) is 2. The highest BCUT2D eigenvalue weighted by Gasteiger charge is 2.41. The SMILES string of the molecule is CCOC(=O)c1ccc(-c2c(C(F)(F)F)noc2-c2cc(CC)c(OC)cc2O)o1. The highest BCUT2D eigenvalue weighted by molar-refractivity contribution is 5.88. The van der Waals surface area contributed by atoms with Crippen molar-refractivity contribution in [1.82, 2.24) is 5.16 Å². The van der Waals surface area contributed by atoms with Gasteiger partial charge in [-0.25, -0.2) is 4.79 Å². The minimum absolute atomic E-state index is 0.0280. The Kier molecular flexibility index (Phi) is 5.77. The number of esters is 1. The predicted molar refractivity (Wildman–Crippen MR) is 98.2 cm³/mol. The van der Waals surface area contributed by atoms with E-state index in [-0.39, 0.29) is 35.2 Å².